The lowest BCUT2D eigenvalue weighted by Gasteiger charge is -2.36. The van der Waals surface area contributed by atoms with Gasteiger partial charge in [-0.15, -0.1) is 0 Å². The van der Waals surface area contributed by atoms with Gasteiger partial charge in [0.1, 0.15) is 11.5 Å². The Morgan fingerprint density at radius 1 is 1.06 bits per heavy atom. The van der Waals surface area contributed by atoms with Gasteiger partial charge in [-0.3, -0.25) is 10.1 Å². The minimum atomic E-state index is -0.400. The van der Waals surface area contributed by atoms with Crippen molar-refractivity contribution in [3.63, 3.8) is 0 Å². The molecule has 0 spiro atoms. The molecule has 1 aliphatic heterocycles. The SMILES string of the molecule is CCN1CCN(c2ccc(NC(=S)NC(=O)C=Cc3ccc(-c4cccc(Cl)c4Cl)o3)cc2Cl)CC1. The number of hydrogen-bond acceptors (Lipinski definition) is 5. The third-order valence-electron chi connectivity index (χ3n) is 5.85. The summed E-state index contributed by atoms with van der Waals surface area (Å²) in [7, 11) is 0. The number of anilines is 2. The van der Waals surface area contributed by atoms with Gasteiger partial charge in [-0.2, -0.15) is 0 Å². The van der Waals surface area contributed by atoms with Crippen LogP contribution in [0.5, 0.6) is 0 Å². The predicted octanol–water partition coefficient (Wildman–Crippen LogP) is 6.58. The van der Waals surface area contributed by atoms with E-state index in [1.54, 1.807) is 30.3 Å². The second-order valence-electron chi connectivity index (χ2n) is 8.17. The van der Waals surface area contributed by atoms with Crippen LogP contribution < -0.4 is 15.5 Å². The van der Waals surface area contributed by atoms with E-state index < -0.39 is 5.91 Å². The van der Waals surface area contributed by atoms with Crippen LogP contribution in [-0.4, -0.2) is 48.6 Å². The molecule has 0 aliphatic carbocycles. The number of furan rings is 1. The summed E-state index contributed by atoms with van der Waals surface area (Å²) in [5.41, 5.74) is 2.36. The molecule has 0 atom stereocenters. The largest absolute Gasteiger partial charge is 0.457 e. The molecule has 4 rings (SSSR count). The Kier molecular flexibility index (Phi) is 8.93. The van der Waals surface area contributed by atoms with Crippen LogP contribution >= 0.6 is 47.0 Å². The van der Waals surface area contributed by atoms with Crippen molar-refractivity contribution in [3.8, 4) is 11.3 Å². The topological polar surface area (TPSA) is 60.8 Å². The van der Waals surface area contributed by atoms with Gasteiger partial charge >= 0.3 is 0 Å². The van der Waals surface area contributed by atoms with E-state index in [0.717, 1.165) is 38.4 Å². The smallest absolute Gasteiger partial charge is 0.250 e. The van der Waals surface area contributed by atoms with Crippen LogP contribution in [0.1, 0.15) is 12.7 Å². The number of halogens is 3. The number of carbonyl (C=O) groups excluding carboxylic acids is 1. The first-order chi connectivity index (χ1) is 17.3. The van der Waals surface area contributed by atoms with Crippen LogP contribution in [0, 0.1) is 0 Å². The lowest BCUT2D eigenvalue weighted by molar-refractivity contribution is -0.115. The first-order valence-corrected chi connectivity index (χ1v) is 13.0. The van der Waals surface area contributed by atoms with Crippen LogP contribution in [0.25, 0.3) is 17.4 Å². The number of amides is 1. The van der Waals surface area contributed by atoms with Crippen LogP contribution in [0.3, 0.4) is 0 Å². The molecule has 0 bridgehead atoms. The quantitative estimate of drug-likeness (QED) is 0.261. The van der Waals surface area contributed by atoms with E-state index >= 15 is 0 Å². The number of rotatable bonds is 6. The highest BCUT2D eigenvalue weighted by atomic mass is 35.5. The lowest BCUT2D eigenvalue weighted by Crippen LogP contribution is -2.46. The highest BCUT2D eigenvalue weighted by Gasteiger charge is 2.18. The average Bonchev–Trinajstić information content (AvgIpc) is 3.33. The Labute approximate surface area is 230 Å². The lowest BCUT2D eigenvalue weighted by atomic mass is 10.2. The summed E-state index contributed by atoms with van der Waals surface area (Å²) in [6.07, 6.45) is 2.88. The van der Waals surface area contributed by atoms with Crippen LogP contribution in [0.4, 0.5) is 11.4 Å². The van der Waals surface area contributed by atoms with Crippen molar-refractivity contribution in [3.05, 3.63) is 75.4 Å². The van der Waals surface area contributed by atoms with E-state index in [0.29, 0.717) is 37.8 Å². The fourth-order valence-electron chi connectivity index (χ4n) is 3.90. The summed E-state index contributed by atoms with van der Waals surface area (Å²) in [6.45, 7) is 7.14. The van der Waals surface area contributed by atoms with E-state index in [-0.39, 0.29) is 5.11 Å². The molecular formula is C26H25Cl3N4O2S. The summed E-state index contributed by atoms with van der Waals surface area (Å²) >= 11 is 24.1. The molecule has 6 nitrogen and oxygen atoms in total. The van der Waals surface area contributed by atoms with E-state index in [9.17, 15) is 4.79 Å². The van der Waals surface area contributed by atoms with E-state index in [2.05, 4.69) is 27.4 Å². The van der Waals surface area contributed by atoms with Gasteiger partial charge < -0.3 is 19.5 Å². The highest BCUT2D eigenvalue weighted by molar-refractivity contribution is 7.80. The van der Waals surface area contributed by atoms with Crippen LogP contribution in [0.15, 0.2) is 59.0 Å². The number of nitrogens with one attached hydrogen (secondary N) is 2. The monoisotopic (exact) mass is 562 g/mol. The fourth-order valence-corrected chi connectivity index (χ4v) is 4.81. The zero-order valence-electron chi connectivity index (χ0n) is 19.6. The Hall–Kier alpha value is -2.55. The number of piperazine rings is 1. The summed E-state index contributed by atoms with van der Waals surface area (Å²) in [6, 6.07) is 14.5. The number of hydrogen-bond donors (Lipinski definition) is 2. The van der Waals surface area contributed by atoms with Crippen molar-refractivity contribution in [1.82, 2.24) is 10.2 Å². The molecular weight excluding hydrogens is 539 g/mol. The van der Waals surface area contributed by atoms with Crippen LogP contribution in [-0.2, 0) is 4.79 Å². The number of carbonyl (C=O) groups is 1. The Morgan fingerprint density at radius 3 is 2.56 bits per heavy atom. The summed E-state index contributed by atoms with van der Waals surface area (Å²) in [5, 5.41) is 7.26. The molecule has 36 heavy (non-hydrogen) atoms. The van der Waals surface area contributed by atoms with E-state index in [4.69, 9.17) is 51.4 Å². The van der Waals surface area contributed by atoms with Gasteiger partial charge in [0.2, 0.25) is 5.91 Å². The van der Waals surface area contributed by atoms with Gasteiger partial charge in [0.25, 0.3) is 0 Å². The third-order valence-corrected chi connectivity index (χ3v) is 7.17. The predicted molar refractivity (Wildman–Crippen MR) is 153 cm³/mol. The molecule has 3 aromatic rings. The number of nitrogens with zero attached hydrogens (tertiary/aromatic N) is 2. The second kappa shape index (κ2) is 12.1. The van der Waals surface area contributed by atoms with Gasteiger partial charge in [-0.25, -0.2) is 0 Å². The highest BCUT2D eigenvalue weighted by Crippen LogP contribution is 2.34. The van der Waals surface area contributed by atoms with Crippen molar-refractivity contribution in [2.75, 3.05) is 42.9 Å². The summed E-state index contributed by atoms with van der Waals surface area (Å²) < 4.78 is 5.76. The van der Waals surface area contributed by atoms with Crippen molar-refractivity contribution in [2.24, 2.45) is 0 Å². The van der Waals surface area contributed by atoms with Crippen molar-refractivity contribution in [2.45, 2.75) is 6.92 Å². The van der Waals surface area contributed by atoms with E-state index in [1.807, 2.05) is 24.3 Å². The second-order valence-corrected chi connectivity index (χ2v) is 9.77. The van der Waals surface area contributed by atoms with Gasteiger partial charge in [0, 0.05) is 43.5 Å². The maximum atomic E-state index is 12.3. The molecule has 188 valence electrons. The Bertz CT molecular complexity index is 1290. The van der Waals surface area contributed by atoms with E-state index in [1.165, 1.54) is 6.08 Å². The fraction of sp³-hybridized carbons (Fsp3) is 0.231. The molecule has 1 amide bonds. The normalized spacial score (nSPS) is 14.3. The molecule has 10 heteroatoms. The minimum Gasteiger partial charge on any atom is -0.457 e. The Balaban J connectivity index is 1.31. The molecule has 0 unspecified atom stereocenters. The molecule has 1 saturated heterocycles. The molecule has 2 aromatic carbocycles. The minimum absolute atomic E-state index is 0.163. The zero-order valence-corrected chi connectivity index (χ0v) is 22.6. The molecule has 1 fully saturated rings. The first-order valence-electron chi connectivity index (χ1n) is 11.4. The molecule has 2 N–H and O–H groups in total. The maximum Gasteiger partial charge on any atom is 0.250 e. The Morgan fingerprint density at radius 2 is 1.83 bits per heavy atom. The van der Waals surface area contributed by atoms with Gasteiger partial charge in [0.15, 0.2) is 5.11 Å². The van der Waals surface area contributed by atoms with Crippen molar-refractivity contribution >= 4 is 75.5 Å². The molecule has 0 saturated carbocycles. The van der Waals surface area contributed by atoms with Gasteiger partial charge in [0.05, 0.1) is 20.8 Å². The zero-order chi connectivity index (χ0) is 25.7. The average molecular weight is 564 g/mol. The summed E-state index contributed by atoms with van der Waals surface area (Å²) in [4.78, 5) is 17.0. The number of likely N-dealkylation sites (N-methyl/N-ethyl adjacent to an activating group) is 1. The molecule has 0 radical (unpaired) electrons. The standard InChI is InChI=1S/C26H25Cl3N4O2S/c1-2-32-12-14-33(15-13-32)22-9-6-17(16-21(22)28)30-26(36)31-24(34)11-8-18-7-10-23(35-18)19-4-3-5-20(27)25(19)29/h3-11,16H,2,12-15H2,1H3,(H2,30,31,34,36). The van der Waals surface area contributed by atoms with Crippen LogP contribution in [0.2, 0.25) is 15.1 Å². The third kappa shape index (κ3) is 6.60. The molecule has 1 aliphatic rings. The maximum absolute atomic E-state index is 12.3. The molecule has 1 aromatic heterocycles. The molecule has 2 heterocycles. The number of benzene rings is 2. The summed E-state index contributed by atoms with van der Waals surface area (Å²) in [5.74, 6) is 0.632. The van der Waals surface area contributed by atoms with Crippen molar-refractivity contribution in [1.29, 1.82) is 0 Å². The van der Waals surface area contributed by atoms with Gasteiger partial charge in [-0.1, -0.05) is 47.8 Å². The van der Waals surface area contributed by atoms with Gasteiger partial charge in [-0.05, 0) is 67.3 Å². The first kappa shape index (κ1) is 26.5. The number of thiocarbonyl (C=S) groups is 1. The van der Waals surface area contributed by atoms with Crippen molar-refractivity contribution < 1.29 is 9.21 Å².